The molecule has 1 saturated carbocycles. The Labute approximate surface area is 70.6 Å². The van der Waals surface area contributed by atoms with E-state index >= 15 is 0 Å². The maximum absolute atomic E-state index is 3.32. The fourth-order valence-corrected chi connectivity index (χ4v) is 2.27. The van der Waals surface area contributed by atoms with E-state index in [1.165, 1.54) is 32.1 Å². The lowest BCUT2D eigenvalue weighted by atomic mass is 9.82. The van der Waals surface area contributed by atoms with E-state index in [0.29, 0.717) is 11.5 Å². The Morgan fingerprint density at radius 3 is 2.36 bits per heavy atom. The van der Waals surface area contributed by atoms with Crippen LogP contribution in [0.2, 0.25) is 0 Å². The second-order valence-electron chi connectivity index (χ2n) is 4.41. The minimum absolute atomic E-state index is 0.655. The molecule has 0 aromatic rings. The molecule has 0 saturated heterocycles. The zero-order valence-corrected chi connectivity index (χ0v) is 8.11. The first-order valence-corrected chi connectivity index (χ1v) is 4.83. The van der Waals surface area contributed by atoms with E-state index in [0.717, 1.165) is 0 Å². The molecule has 1 unspecified atom stereocenters. The average Bonchev–Trinajstić information content (AvgIpc) is 2.36. The Hall–Kier alpha value is -0.0400. The Morgan fingerprint density at radius 2 is 1.91 bits per heavy atom. The molecule has 1 nitrogen and oxygen atoms in total. The first kappa shape index (κ1) is 9.05. The minimum atomic E-state index is 0.655. The van der Waals surface area contributed by atoms with Crippen LogP contribution in [-0.4, -0.2) is 13.1 Å². The molecule has 1 aliphatic rings. The summed E-state index contributed by atoms with van der Waals surface area (Å²) in [5.74, 6) is 0. The molecule has 0 radical (unpaired) electrons. The van der Waals surface area contributed by atoms with Crippen molar-refractivity contribution in [2.75, 3.05) is 7.05 Å². The van der Waals surface area contributed by atoms with Crippen LogP contribution < -0.4 is 5.32 Å². The van der Waals surface area contributed by atoms with Crippen molar-refractivity contribution in [1.82, 2.24) is 5.32 Å². The molecule has 0 spiro atoms. The highest BCUT2D eigenvalue weighted by Gasteiger charge is 2.29. The van der Waals surface area contributed by atoms with Gasteiger partial charge in [0.05, 0.1) is 0 Å². The van der Waals surface area contributed by atoms with E-state index in [4.69, 9.17) is 0 Å². The van der Waals surface area contributed by atoms with Crippen molar-refractivity contribution in [3.8, 4) is 0 Å². The summed E-state index contributed by atoms with van der Waals surface area (Å²) in [6.45, 7) is 4.72. The fourth-order valence-electron chi connectivity index (χ4n) is 2.27. The molecule has 11 heavy (non-hydrogen) atoms. The summed E-state index contributed by atoms with van der Waals surface area (Å²) in [5.41, 5.74) is 0.655. The monoisotopic (exact) mass is 155 g/mol. The maximum Gasteiger partial charge on any atom is 0.00409 e. The van der Waals surface area contributed by atoms with Gasteiger partial charge in [0.15, 0.2) is 0 Å². The third-order valence-electron chi connectivity index (χ3n) is 3.10. The summed E-state index contributed by atoms with van der Waals surface area (Å²) in [6, 6.07) is 0.693. The lowest BCUT2D eigenvalue weighted by molar-refractivity contribution is 0.273. The van der Waals surface area contributed by atoms with E-state index in [1.54, 1.807) is 0 Å². The normalized spacial score (nSPS) is 25.4. The zero-order valence-electron chi connectivity index (χ0n) is 8.11. The van der Waals surface area contributed by atoms with Crippen molar-refractivity contribution in [3.05, 3.63) is 0 Å². The van der Waals surface area contributed by atoms with Crippen LogP contribution in [0.1, 0.15) is 46.0 Å². The summed E-state index contributed by atoms with van der Waals surface area (Å²) in [4.78, 5) is 0. The molecule has 1 fully saturated rings. The minimum Gasteiger partial charge on any atom is -0.317 e. The molecule has 1 N–H and O–H groups in total. The SMILES string of the molecule is CNC(C)CC1(C)CCCC1. The predicted octanol–water partition coefficient (Wildman–Crippen LogP) is 2.56. The summed E-state index contributed by atoms with van der Waals surface area (Å²) in [5, 5.41) is 3.32. The molecule has 1 atom stereocenters. The smallest absolute Gasteiger partial charge is 0.00409 e. The first-order valence-electron chi connectivity index (χ1n) is 4.83. The maximum atomic E-state index is 3.32. The molecule has 66 valence electrons. The van der Waals surface area contributed by atoms with E-state index in [-0.39, 0.29) is 0 Å². The van der Waals surface area contributed by atoms with Crippen molar-refractivity contribution in [1.29, 1.82) is 0 Å². The molecular weight excluding hydrogens is 134 g/mol. The van der Waals surface area contributed by atoms with Gasteiger partial charge in [0.25, 0.3) is 0 Å². The van der Waals surface area contributed by atoms with Gasteiger partial charge in [-0.3, -0.25) is 0 Å². The molecule has 0 aromatic heterocycles. The summed E-state index contributed by atoms with van der Waals surface area (Å²) in [7, 11) is 2.06. The molecule has 1 rings (SSSR count). The fraction of sp³-hybridized carbons (Fsp3) is 1.00. The van der Waals surface area contributed by atoms with Crippen LogP contribution in [-0.2, 0) is 0 Å². The summed E-state index contributed by atoms with van der Waals surface area (Å²) < 4.78 is 0. The highest BCUT2D eigenvalue weighted by atomic mass is 14.9. The van der Waals surface area contributed by atoms with Gasteiger partial charge in [0, 0.05) is 6.04 Å². The topological polar surface area (TPSA) is 12.0 Å². The van der Waals surface area contributed by atoms with Crippen LogP contribution in [0, 0.1) is 5.41 Å². The van der Waals surface area contributed by atoms with Gasteiger partial charge in [-0.05, 0) is 38.6 Å². The average molecular weight is 155 g/mol. The van der Waals surface area contributed by atoms with Crippen molar-refractivity contribution in [2.24, 2.45) is 5.41 Å². The Balaban J connectivity index is 2.33. The van der Waals surface area contributed by atoms with Gasteiger partial charge in [0.2, 0.25) is 0 Å². The van der Waals surface area contributed by atoms with Crippen molar-refractivity contribution < 1.29 is 0 Å². The van der Waals surface area contributed by atoms with Gasteiger partial charge in [-0.25, -0.2) is 0 Å². The van der Waals surface area contributed by atoms with E-state index in [1.807, 2.05) is 0 Å². The molecule has 0 aromatic carbocycles. The van der Waals surface area contributed by atoms with Crippen LogP contribution in [0.5, 0.6) is 0 Å². The van der Waals surface area contributed by atoms with E-state index < -0.39 is 0 Å². The number of nitrogens with one attached hydrogen (secondary N) is 1. The zero-order chi connectivity index (χ0) is 8.32. The van der Waals surface area contributed by atoms with Crippen molar-refractivity contribution in [2.45, 2.75) is 52.0 Å². The van der Waals surface area contributed by atoms with Crippen LogP contribution in [0.15, 0.2) is 0 Å². The highest BCUT2D eigenvalue weighted by molar-refractivity contribution is 4.83. The van der Waals surface area contributed by atoms with Gasteiger partial charge in [-0.15, -0.1) is 0 Å². The highest BCUT2D eigenvalue weighted by Crippen LogP contribution is 2.41. The summed E-state index contributed by atoms with van der Waals surface area (Å²) >= 11 is 0. The third-order valence-corrected chi connectivity index (χ3v) is 3.10. The van der Waals surface area contributed by atoms with Gasteiger partial charge < -0.3 is 5.32 Å². The van der Waals surface area contributed by atoms with Crippen LogP contribution in [0.25, 0.3) is 0 Å². The Morgan fingerprint density at radius 1 is 1.36 bits per heavy atom. The van der Waals surface area contributed by atoms with Crippen LogP contribution in [0.3, 0.4) is 0 Å². The van der Waals surface area contributed by atoms with Gasteiger partial charge >= 0.3 is 0 Å². The number of hydrogen-bond donors (Lipinski definition) is 1. The van der Waals surface area contributed by atoms with Crippen LogP contribution in [0.4, 0.5) is 0 Å². The predicted molar refractivity (Wildman–Crippen MR) is 49.7 cm³/mol. The lowest BCUT2D eigenvalue weighted by Crippen LogP contribution is -2.28. The molecule has 0 bridgehead atoms. The molecule has 1 aliphatic carbocycles. The van der Waals surface area contributed by atoms with Crippen molar-refractivity contribution in [3.63, 3.8) is 0 Å². The molecule has 1 heteroatoms. The second kappa shape index (κ2) is 3.57. The first-order chi connectivity index (χ1) is 5.16. The molecule has 0 aliphatic heterocycles. The van der Waals surface area contributed by atoms with Gasteiger partial charge in [-0.1, -0.05) is 19.8 Å². The van der Waals surface area contributed by atoms with Gasteiger partial charge in [-0.2, -0.15) is 0 Å². The third kappa shape index (κ3) is 2.48. The summed E-state index contributed by atoms with van der Waals surface area (Å²) in [6.07, 6.45) is 7.14. The quantitative estimate of drug-likeness (QED) is 0.660. The molecular formula is C10H21N. The Bertz CT molecular complexity index is 114. The number of hydrogen-bond acceptors (Lipinski definition) is 1. The molecule has 0 heterocycles. The lowest BCUT2D eigenvalue weighted by Gasteiger charge is -2.26. The van der Waals surface area contributed by atoms with Crippen LogP contribution >= 0.6 is 0 Å². The number of rotatable bonds is 3. The second-order valence-corrected chi connectivity index (χ2v) is 4.41. The molecule has 0 amide bonds. The standard InChI is InChI=1S/C10H21N/c1-9(11-3)8-10(2)6-4-5-7-10/h9,11H,4-8H2,1-3H3. The largest absolute Gasteiger partial charge is 0.317 e. The van der Waals surface area contributed by atoms with Gasteiger partial charge in [0.1, 0.15) is 0 Å². The van der Waals surface area contributed by atoms with E-state index in [2.05, 4.69) is 26.2 Å². The van der Waals surface area contributed by atoms with E-state index in [9.17, 15) is 0 Å². The Kier molecular flexibility index (Phi) is 2.94. The van der Waals surface area contributed by atoms with Crippen molar-refractivity contribution >= 4 is 0 Å².